The van der Waals surface area contributed by atoms with Crippen molar-refractivity contribution in [2.45, 2.75) is 149 Å². The number of aliphatic carboxylic acids is 1. The lowest BCUT2D eigenvalue weighted by Crippen LogP contribution is -2.69. The number of carboxylic acids is 1. The summed E-state index contributed by atoms with van der Waals surface area (Å²) in [6.07, 6.45) is -36.4. The molecule has 0 saturated carbocycles. The maximum absolute atomic E-state index is 12.4. The van der Waals surface area contributed by atoms with Crippen LogP contribution in [0.25, 0.3) is 0 Å². The van der Waals surface area contributed by atoms with E-state index in [-0.39, 0.29) is 0 Å². The molecule has 0 spiro atoms. The van der Waals surface area contributed by atoms with Gasteiger partial charge in [0.1, 0.15) is 91.5 Å². The lowest BCUT2D eigenvalue weighted by Gasteiger charge is -2.49. The van der Waals surface area contributed by atoms with Gasteiger partial charge >= 0.3 is 5.97 Å². The van der Waals surface area contributed by atoms with Crippen LogP contribution in [0, 0.1) is 0 Å². The molecule has 308 valence electrons. The van der Waals surface area contributed by atoms with E-state index in [1.165, 1.54) is 6.92 Å². The van der Waals surface area contributed by atoms with Crippen molar-refractivity contribution in [3.05, 3.63) is 0 Å². The Hall–Kier alpha value is -1.86. The van der Waals surface area contributed by atoms with Crippen molar-refractivity contribution in [1.82, 2.24) is 5.32 Å². The van der Waals surface area contributed by atoms with Crippen LogP contribution in [0.5, 0.6) is 0 Å². The van der Waals surface area contributed by atoms with Gasteiger partial charge in [0.15, 0.2) is 18.9 Å². The van der Waals surface area contributed by atoms with Gasteiger partial charge in [0, 0.05) is 13.3 Å². The maximum atomic E-state index is 12.4. The van der Waals surface area contributed by atoms with Crippen LogP contribution in [0.2, 0.25) is 0 Å². The zero-order valence-electron chi connectivity index (χ0n) is 28.3. The Labute approximate surface area is 300 Å². The van der Waals surface area contributed by atoms with Crippen molar-refractivity contribution in [2.24, 2.45) is 0 Å². The molecule has 4 heterocycles. The molecule has 15 N–H and O–H groups in total. The Kier molecular flexibility index (Phi) is 14.9. The first kappa shape index (κ1) is 43.9. The average molecular weight is 780 g/mol. The minimum Gasteiger partial charge on any atom is -0.477 e. The highest BCUT2D eigenvalue weighted by atomic mass is 16.8. The van der Waals surface area contributed by atoms with Gasteiger partial charge in [-0.2, -0.15) is 0 Å². The van der Waals surface area contributed by atoms with E-state index >= 15 is 0 Å². The number of carbonyl (C=O) groups excluding carboxylic acids is 1. The zero-order chi connectivity index (χ0) is 39.7. The third-order valence-electron chi connectivity index (χ3n) is 9.54. The Morgan fingerprint density at radius 1 is 0.792 bits per heavy atom. The highest BCUT2D eigenvalue weighted by Gasteiger charge is 2.58. The predicted molar refractivity (Wildman–Crippen MR) is 161 cm³/mol. The molecule has 4 saturated heterocycles. The van der Waals surface area contributed by atoms with Crippen molar-refractivity contribution in [3.63, 3.8) is 0 Å². The first-order valence-corrected chi connectivity index (χ1v) is 16.6. The SMILES string of the molecule is CC(=O)N[C@@H]1[C@@H](O[C@H]2O[C@H](CO)[C@H](O)[C@H](O)[C@H]2O[C@@H]2O[C@@H](C)[C@@H](O)[C@@H](O)[C@@H]2O)[C@@H](O)[C@@H](CO[C@]2(C(=O)O)C[C@H](O)[C@@H](O)[C@H]([C@H](O)[C@H](O)CO)O2)O[C@H]1O. The lowest BCUT2D eigenvalue weighted by atomic mass is 9.90. The second kappa shape index (κ2) is 17.9. The van der Waals surface area contributed by atoms with Gasteiger partial charge in [0.05, 0.1) is 32.0 Å². The first-order chi connectivity index (χ1) is 24.8. The molecule has 4 rings (SSSR count). The fourth-order valence-electron chi connectivity index (χ4n) is 6.43. The number of hydrogen-bond donors (Lipinski definition) is 15. The van der Waals surface area contributed by atoms with Gasteiger partial charge in [-0.3, -0.25) is 4.79 Å². The largest absolute Gasteiger partial charge is 0.477 e. The van der Waals surface area contributed by atoms with Crippen molar-refractivity contribution in [1.29, 1.82) is 0 Å². The molecule has 0 aliphatic carbocycles. The predicted octanol–water partition coefficient (Wildman–Crippen LogP) is -9.37. The molecular weight excluding hydrogens is 730 g/mol. The Bertz CT molecular complexity index is 1220. The number of carboxylic acid groups (broad SMARTS) is 1. The summed E-state index contributed by atoms with van der Waals surface area (Å²) >= 11 is 0. The molecule has 4 fully saturated rings. The molecule has 0 aromatic heterocycles. The normalized spacial score (nSPS) is 47.8. The van der Waals surface area contributed by atoms with E-state index in [4.69, 9.17) is 33.2 Å². The molecule has 0 aromatic rings. The average Bonchev–Trinajstić information content (AvgIpc) is 3.11. The molecule has 21 atom stereocenters. The van der Waals surface area contributed by atoms with Crippen molar-refractivity contribution < 1.29 is 114 Å². The van der Waals surface area contributed by atoms with Crippen LogP contribution in [0.3, 0.4) is 0 Å². The summed E-state index contributed by atoms with van der Waals surface area (Å²) < 4.78 is 38.7. The maximum Gasteiger partial charge on any atom is 0.364 e. The number of aliphatic hydroxyl groups is 13. The molecule has 24 heteroatoms. The molecule has 0 unspecified atom stereocenters. The minimum atomic E-state index is -2.91. The molecule has 1 amide bonds. The van der Waals surface area contributed by atoms with E-state index in [9.17, 15) is 81.1 Å². The standard InChI is InChI=1S/C29H49NO23/c1-7-14(36)19(41)21(43)26(48-7)52-24-20(42)17(39)11(5-32)50-27(24)51-22-13(30-8(2)33)25(44)49-12(18(22)40)6-47-29(28(45)46)3-9(34)15(37)23(53-29)16(38)10(35)4-31/h7,9-27,31-32,34-44H,3-6H2,1-2H3,(H,30,33)(H,45,46)/t7-,9-,10+,11+,12+,13+,14+,15+,16+,17-,18-,19+,20-,21-,22+,23+,24+,25+,26-,27+,29+/m0/s1. The van der Waals surface area contributed by atoms with E-state index in [1.807, 2.05) is 0 Å². The summed E-state index contributed by atoms with van der Waals surface area (Å²) in [4.78, 5) is 24.6. The molecule has 53 heavy (non-hydrogen) atoms. The molecule has 0 bridgehead atoms. The van der Waals surface area contributed by atoms with E-state index < -0.39 is 166 Å². The number of hydrogen-bond acceptors (Lipinski definition) is 22. The second-order valence-electron chi connectivity index (χ2n) is 13.3. The van der Waals surface area contributed by atoms with Gasteiger partial charge in [-0.1, -0.05) is 0 Å². The first-order valence-electron chi connectivity index (χ1n) is 16.6. The molecule has 0 aromatic carbocycles. The van der Waals surface area contributed by atoms with Gasteiger partial charge in [0.2, 0.25) is 5.91 Å². The van der Waals surface area contributed by atoms with Gasteiger partial charge in [-0.15, -0.1) is 0 Å². The van der Waals surface area contributed by atoms with Crippen LogP contribution >= 0.6 is 0 Å². The summed E-state index contributed by atoms with van der Waals surface area (Å²) in [5.41, 5.74) is 0. The third kappa shape index (κ3) is 9.24. The summed E-state index contributed by atoms with van der Waals surface area (Å²) in [6, 6.07) is -1.68. The Morgan fingerprint density at radius 2 is 1.43 bits per heavy atom. The number of nitrogens with one attached hydrogen (secondary N) is 1. The van der Waals surface area contributed by atoms with E-state index in [1.54, 1.807) is 0 Å². The Morgan fingerprint density at radius 3 is 2.02 bits per heavy atom. The summed E-state index contributed by atoms with van der Waals surface area (Å²) in [7, 11) is 0. The number of carbonyl (C=O) groups is 2. The molecule has 4 aliphatic rings. The highest BCUT2D eigenvalue weighted by Crippen LogP contribution is 2.36. The van der Waals surface area contributed by atoms with Gasteiger partial charge in [-0.05, 0) is 6.92 Å². The van der Waals surface area contributed by atoms with Crippen LogP contribution < -0.4 is 5.32 Å². The van der Waals surface area contributed by atoms with Crippen molar-refractivity contribution in [3.8, 4) is 0 Å². The van der Waals surface area contributed by atoms with E-state index in [2.05, 4.69) is 5.32 Å². The lowest BCUT2D eigenvalue weighted by molar-refractivity contribution is -0.382. The number of rotatable bonds is 13. The Balaban J connectivity index is 1.61. The summed E-state index contributed by atoms with van der Waals surface area (Å²) in [5, 5.41) is 147. The quantitative estimate of drug-likeness (QED) is 0.0825. The zero-order valence-corrected chi connectivity index (χ0v) is 28.3. The van der Waals surface area contributed by atoms with Crippen LogP contribution in [0.1, 0.15) is 20.3 Å². The number of aliphatic hydroxyl groups excluding tert-OH is 13. The molecular formula is C29H49NO23. The second-order valence-corrected chi connectivity index (χ2v) is 13.3. The monoisotopic (exact) mass is 779 g/mol. The molecule has 4 aliphatic heterocycles. The third-order valence-corrected chi connectivity index (χ3v) is 9.54. The molecule has 0 radical (unpaired) electrons. The van der Waals surface area contributed by atoms with E-state index in [0.29, 0.717) is 0 Å². The summed E-state index contributed by atoms with van der Waals surface area (Å²) in [5.74, 6) is -5.63. The fraction of sp³-hybridized carbons (Fsp3) is 0.931. The van der Waals surface area contributed by atoms with Gasteiger partial charge in [0.25, 0.3) is 5.79 Å². The topological polar surface area (TPSA) is 394 Å². The van der Waals surface area contributed by atoms with Gasteiger partial charge < -0.3 is 110 Å². The minimum absolute atomic E-state index is 0.794. The van der Waals surface area contributed by atoms with Gasteiger partial charge in [-0.25, -0.2) is 4.79 Å². The van der Waals surface area contributed by atoms with Crippen LogP contribution in [-0.2, 0) is 42.7 Å². The highest BCUT2D eigenvalue weighted by molar-refractivity contribution is 5.76. The smallest absolute Gasteiger partial charge is 0.364 e. The van der Waals surface area contributed by atoms with Crippen LogP contribution in [0.4, 0.5) is 0 Å². The summed E-state index contributed by atoms with van der Waals surface area (Å²) in [6.45, 7) is -0.647. The number of amides is 1. The van der Waals surface area contributed by atoms with Crippen molar-refractivity contribution in [2.75, 3.05) is 19.8 Å². The van der Waals surface area contributed by atoms with Crippen molar-refractivity contribution >= 4 is 11.9 Å². The molecule has 24 nitrogen and oxygen atoms in total. The van der Waals surface area contributed by atoms with Crippen LogP contribution in [-0.4, -0.2) is 232 Å². The fourth-order valence-corrected chi connectivity index (χ4v) is 6.43. The van der Waals surface area contributed by atoms with Crippen LogP contribution in [0.15, 0.2) is 0 Å². The number of ether oxygens (including phenoxy) is 7. The van der Waals surface area contributed by atoms with E-state index in [0.717, 1.165) is 6.92 Å².